The van der Waals surface area contributed by atoms with Gasteiger partial charge in [0, 0.05) is 11.6 Å². The standard InChI is InChI=1S/C28H26FN3/c1-18(2)23-11-8-12-24(19(3)4)28(23)27-16-22(17-30)31-32(27)26-14-13-21(15-25(26)29)20-9-6-5-7-10-20/h5-16,18-19H,1-4H3. The molecule has 3 nitrogen and oxygen atoms in total. The predicted octanol–water partition coefficient (Wildman–Crippen LogP) is 7.46. The Hall–Kier alpha value is -3.71. The maximum atomic E-state index is 15.4. The Labute approximate surface area is 188 Å². The van der Waals surface area contributed by atoms with Crippen LogP contribution in [0.2, 0.25) is 0 Å². The number of hydrogen-bond acceptors (Lipinski definition) is 2. The van der Waals surface area contributed by atoms with Gasteiger partial charge in [-0.25, -0.2) is 9.07 Å². The number of benzene rings is 3. The number of hydrogen-bond donors (Lipinski definition) is 0. The fourth-order valence-corrected chi connectivity index (χ4v) is 4.13. The molecule has 0 aliphatic rings. The van der Waals surface area contributed by atoms with Gasteiger partial charge in [-0.3, -0.25) is 0 Å². The quantitative estimate of drug-likeness (QED) is 0.334. The third-order valence-electron chi connectivity index (χ3n) is 5.74. The predicted molar refractivity (Wildman–Crippen MR) is 127 cm³/mol. The van der Waals surface area contributed by atoms with E-state index in [1.807, 2.05) is 36.4 Å². The molecule has 1 aromatic heterocycles. The summed E-state index contributed by atoms with van der Waals surface area (Å²) in [5.74, 6) is 0.152. The first-order chi connectivity index (χ1) is 15.4. The highest BCUT2D eigenvalue weighted by molar-refractivity contribution is 5.73. The van der Waals surface area contributed by atoms with E-state index in [4.69, 9.17) is 0 Å². The molecule has 160 valence electrons. The Morgan fingerprint density at radius 1 is 0.812 bits per heavy atom. The SMILES string of the molecule is CC(C)c1cccc(C(C)C)c1-c1cc(C#N)nn1-c1ccc(-c2ccccc2)cc1F. The van der Waals surface area contributed by atoms with Crippen molar-refractivity contribution in [3.05, 3.63) is 95.4 Å². The summed E-state index contributed by atoms with van der Waals surface area (Å²) in [6.45, 7) is 8.57. The smallest absolute Gasteiger partial charge is 0.163 e. The third kappa shape index (κ3) is 3.94. The van der Waals surface area contributed by atoms with E-state index in [1.54, 1.807) is 16.8 Å². The average molecular weight is 424 g/mol. The molecule has 0 unspecified atom stereocenters. The van der Waals surface area contributed by atoms with Crippen molar-refractivity contribution in [2.24, 2.45) is 0 Å². The van der Waals surface area contributed by atoms with Crippen molar-refractivity contribution < 1.29 is 4.39 Å². The van der Waals surface area contributed by atoms with Gasteiger partial charge in [-0.15, -0.1) is 0 Å². The molecule has 0 radical (unpaired) electrons. The molecule has 0 saturated carbocycles. The van der Waals surface area contributed by atoms with Crippen LogP contribution in [0.1, 0.15) is 56.4 Å². The van der Waals surface area contributed by atoms with Gasteiger partial charge in [-0.1, -0.05) is 82.3 Å². The molecule has 3 aromatic carbocycles. The van der Waals surface area contributed by atoms with Gasteiger partial charge in [0.05, 0.1) is 5.69 Å². The van der Waals surface area contributed by atoms with Crippen molar-refractivity contribution in [3.63, 3.8) is 0 Å². The highest BCUT2D eigenvalue weighted by atomic mass is 19.1. The average Bonchev–Trinajstić information content (AvgIpc) is 3.22. The molecule has 0 fully saturated rings. The fourth-order valence-electron chi connectivity index (χ4n) is 4.13. The Kier molecular flexibility index (Phi) is 5.92. The summed E-state index contributed by atoms with van der Waals surface area (Å²) in [6, 6.07) is 25.0. The number of nitriles is 1. The molecule has 0 bridgehead atoms. The summed E-state index contributed by atoms with van der Waals surface area (Å²) >= 11 is 0. The van der Waals surface area contributed by atoms with Gasteiger partial charge >= 0.3 is 0 Å². The Balaban J connectivity index is 1.94. The first-order valence-corrected chi connectivity index (χ1v) is 10.9. The van der Waals surface area contributed by atoms with Crippen LogP contribution >= 0.6 is 0 Å². The minimum Gasteiger partial charge on any atom is -0.229 e. The van der Waals surface area contributed by atoms with Crippen LogP contribution in [0.5, 0.6) is 0 Å². The maximum Gasteiger partial charge on any atom is 0.163 e. The van der Waals surface area contributed by atoms with E-state index in [2.05, 4.69) is 57.1 Å². The number of halogens is 1. The van der Waals surface area contributed by atoms with E-state index >= 15 is 4.39 Å². The molecule has 4 heteroatoms. The molecule has 32 heavy (non-hydrogen) atoms. The van der Waals surface area contributed by atoms with E-state index in [0.29, 0.717) is 5.69 Å². The zero-order valence-corrected chi connectivity index (χ0v) is 18.8. The van der Waals surface area contributed by atoms with Crippen LogP contribution in [0.15, 0.2) is 72.8 Å². The van der Waals surface area contributed by atoms with E-state index in [9.17, 15) is 5.26 Å². The van der Waals surface area contributed by atoms with Gasteiger partial charge in [-0.2, -0.15) is 10.4 Å². The molecule has 4 rings (SSSR count). The fraction of sp³-hybridized carbons (Fsp3) is 0.214. The number of aromatic nitrogens is 2. The molecule has 4 aromatic rings. The second-order valence-electron chi connectivity index (χ2n) is 8.59. The van der Waals surface area contributed by atoms with Gasteiger partial charge < -0.3 is 0 Å². The van der Waals surface area contributed by atoms with Crippen LogP contribution < -0.4 is 0 Å². The third-order valence-corrected chi connectivity index (χ3v) is 5.74. The van der Waals surface area contributed by atoms with Gasteiger partial charge in [0.15, 0.2) is 5.69 Å². The van der Waals surface area contributed by atoms with Crippen molar-refractivity contribution in [3.8, 4) is 34.1 Å². The molecule has 0 aliphatic carbocycles. The summed E-state index contributed by atoms with van der Waals surface area (Å²) in [4.78, 5) is 0. The molecule has 0 N–H and O–H groups in total. The normalized spacial score (nSPS) is 11.2. The lowest BCUT2D eigenvalue weighted by Crippen LogP contribution is -2.07. The Morgan fingerprint density at radius 3 is 2.03 bits per heavy atom. The van der Waals surface area contributed by atoms with Crippen molar-refractivity contribution in [1.82, 2.24) is 9.78 Å². The van der Waals surface area contributed by atoms with Crippen LogP contribution in [0, 0.1) is 17.1 Å². The lowest BCUT2D eigenvalue weighted by molar-refractivity contribution is 0.611. The van der Waals surface area contributed by atoms with Gasteiger partial charge in [0.25, 0.3) is 0 Å². The molecule has 0 spiro atoms. The van der Waals surface area contributed by atoms with Gasteiger partial charge in [-0.05, 0) is 46.2 Å². The molecule has 0 amide bonds. The highest BCUT2D eigenvalue weighted by Gasteiger charge is 2.22. The molecular weight excluding hydrogens is 397 g/mol. The summed E-state index contributed by atoms with van der Waals surface area (Å²) < 4.78 is 17.0. The van der Waals surface area contributed by atoms with Crippen LogP contribution in [-0.2, 0) is 0 Å². The largest absolute Gasteiger partial charge is 0.229 e. The van der Waals surface area contributed by atoms with Crippen LogP contribution in [0.3, 0.4) is 0 Å². The van der Waals surface area contributed by atoms with Crippen molar-refractivity contribution >= 4 is 0 Å². The number of nitrogens with zero attached hydrogens (tertiary/aromatic N) is 3. The Morgan fingerprint density at radius 2 is 1.47 bits per heavy atom. The molecule has 1 heterocycles. The van der Waals surface area contributed by atoms with E-state index < -0.39 is 0 Å². The lowest BCUT2D eigenvalue weighted by Gasteiger charge is -2.20. The molecule has 0 atom stereocenters. The van der Waals surface area contributed by atoms with Crippen LogP contribution in [0.25, 0.3) is 28.1 Å². The van der Waals surface area contributed by atoms with E-state index in [0.717, 1.165) is 33.5 Å². The molecule has 0 saturated heterocycles. The zero-order chi connectivity index (χ0) is 22.8. The van der Waals surface area contributed by atoms with E-state index in [1.165, 1.54) is 6.07 Å². The number of rotatable bonds is 5. The van der Waals surface area contributed by atoms with Gasteiger partial charge in [0.2, 0.25) is 0 Å². The first kappa shape index (κ1) is 21.5. The second kappa shape index (κ2) is 8.80. The second-order valence-corrected chi connectivity index (χ2v) is 8.59. The summed E-state index contributed by atoms with van der Waals surface area (Å²) in [5, 5.41) is 14.0. The molecular formula is C28H26FN3. The lowest BCUT2D eigenvalue weighted by atomic mass is 9.87. The summed E-state index contributed by atoms with van der Waals surface area (Å²) in [7, 11) is 0. The van der Waals surface area contributed by atoms with Crippen molar-refractivity contribution in [1.29, 1.82) is 5.26 Å². The van der Waals surface area contributed by atoms with Gasteiger partial charge in [0.1, 0.15) is 17.6 Å². The van der Waals surface area contributed by atoms with Crippen molar-refractivity contribution in [2.75, 3.05) is 0 Å². The van der Waals surface area contributed by atoms with E-state index in [-0.39, 0.29) is 23.3 Å². The maximum absolute atomic E-state index is 15.4. The first-order valence-electron chi connectivity index (χ1n) is 10.9. The summed E-state index contributed by atoms with van der Waals surface area (Å²) in [6.07, 6.45) is 0. The highest BCUT2D eigenvalue weighted by Crippen LogP contribution is 2.38. The molecule has 0 aliphatic heterocycles. The zero-order valence-electron chi connectivity index (χ0n) is 18.8. The van der Waals surface area contributed by atoms with Crippen LogP contribution in [0.4, 0.5) is 4.39 Å². The minimum atomic E-state index is -0.381. The van der Waals surface area contributed by atoms with Crippen LogP contribution in [-0.4, -0.2) is 9.78 Å². The topological polar surface area (TPSA) is 41.6 Å². The minimum absolute atomic E-state index is 0.264. The Bertz CT molecular complexity index is 1270. The summed E-state index contributed by atoms with van der Waals surface area (Å²) in [5.41, 5.74) is 6.41. The monoisotopic (exact) mass is 423 g/mol. The van der Waals surface area contributed by atoms with Crippen molar-refractivity contribution in [2.45, 2.75) is 39.5 Å².